The second kappa shape index (κ2) is 9.76. The van der Waals surface area contributed by atoms with Gasteiger partial charge in [0.05, 0.1) is 6.61 Å². The van der Waals surface area contributed by atoms with Crippen LogP contribution in [0.2, 0.25) is 0 Å². The van der Waals surface area contributed by atoms with Crippen molar-refractivity contribution in [2.75, 3.05) is 33.3 Å². The van der Waals surface area contributed by atoms with Gasteiger partial charge in [0.2, 0.25) is 0 Å². The molecule has 2 N–H and O–H groups in total. The highest BCUT2D eigenvalue weighted by Crippen LogP contribution is 2.13. The highest BCUT2D eigenvalue weighted by molar-refractivity contribution is 4.81. The van der Waals surface area contributed by atoms with E-state index in [1.165, 1.54) is 19.4 Å². The minimum atomic E-state index is -0.0906. The molecule has 0 aromatic carbocycles. The van der Waals surface area contributed by atoms with Crippen LogP contribution in [-0.4, -0.2) is 48.8 Å². The van der Waals surface area contributed by atoms with E-state index in [0.29, 0.717) is 0 Å². The molecule has 3 nitrogen and oxygen atoms in total. The second-order valence-corrected chi connectivity index (χ2v) is 6.26. The van der Waals surface area contributed by atoms with Gasteiger partial charge in [-0.15, -0.1) is 0 Å². The molecule has 0 radical (unpaired) electrons. The lowest BCUT2D eigenvalue weighted by Crippen LogP contribution is -2.46. The first kappa shape index (κ1) is 17.9. The fourth-order valence-corrected chi connectivity index (χ4v) is 2.26. The van der Waals surface area contributed by atoms with Gasteiger partial charge >= 0.3 is 0 Å². The van der Waals surface area contributed by atoms with Gasteiger partial charge in [0.25, 0.3) is 0 Å². The fraction of sp³-hybridized carbons (Fsp3) is 1.00. The number of rotatable bonds is 11. The molecular weight excluding hydrogens is 224 g/mol. The Balaban J connectivity index is 3.73. The highest BCUT2D eigenvalue weighted by atomic mass is 16.3. The lowest BCUT2D eigenvalue weighted by atomic mass is 9.95. The molecule has 0 rings (SSSR count). The van der Waals surface area contributed by atoms with Gasteiger partial charge in [-0.2, -0.15) is 0 Å². The monoisotopic (exact) mass is 258 g/mol. The van der Waals surface area contributed by atoms with Gasteiger partial charge in [-0.05, 0) is 52.2 Å². The average molecular weight is 258 g/mol. The minimum Gasteiger partial charge on any atom is -0.394 e. The number of unbranched alkanes of at least 4 members (excludes halogenated alkanes) is 1. The van der Waals surface area contributed by atoms with E-state index in [2.05, 4.69) is 45.0 Å². The Kier molecular flexibility index (Phi) is 9.70. The van der Waals surface area contributed by atoms with Gasteiger partial charge in [-0.25, -0.2) is 0 Å². The van der Waals surface area contributed by atoms with Crippen molar-refractivity contribution in [3.63, 3.8) is 0 Å². The fourth-order valence-electron chi connectivity index (χ4n) is 2.26. The average Bonchev–Trinajstić information content (AvgIpc) is 2.31. The smallest absolute Gasteiger partial charge is 0.0610 e. The molecule has 1 unspecified atom stereocenters. The topological polar surface area (TPSA) is 35.5 Å². The molecule has 0 spiro atoms. The summed E-state index contributed by atoms with van der Waals surface area (Å²) in [6, 6.07) is 0. The summed E-state index contributed by atoms with van der Waals surface area (Å²) in [6.45, 7) is 12.4. The van der Waals surface area contributed by atoms with E-state index in [9.17, 15) is 5.11 Å². The Labute approximate surface area is 114 Å². The summed E-state index contributed by atoms with van der Waals surface area (Å²) < 4.78 is 0. The number of aliphatic hydroxyl groups excluding tert-OH is 1. The summed E-state index contributed by atoms with van der Waals surface area (Å²) in [6.07, 6.45) is 4.56. The third-order valence-corrected chi connectivity index (χ3v) is 3.35. The van der Waals surface area contributed by atoms with Crippen LogP contribution in [0.4, 0.5) is 0 Å². The van der Waals surface area contributed by atoms with Crippen molar-refractivity contribution in [3.8, 4) is 0 Å². The molecule has 0 aliphatic heterocycles. The van der Waals surface area contributed by atoms with E-state index < -0.39 is 0 Å². The Morgan fingerprint density at radius 1 is 1.28 bits per heavy atom. The number of nitrogens with zero attached hydrogens (tertiary/aromatic N) is 1. The molecule has 0 aromatic rings. The third kappa shape index (κ3) is 8.90. The van der Waals surface area contributed by atoms with Crippen LogP contribution < -0.4 is 5.32 Å². The van der Waals surface area contributed by atoms with Crippen molar-refractivity contribution >= 4 is 0 Å². The summed E-state index contributed by atoms with van der Waals surface area (Å²) >= 11 is 0. The maximum absolute atomic E-state index is 9.47. The summed E-state index contributed by atoms with van der Waals surface area (Å²) in [5.74, 6) is 0.740. The number of aliphatic hydroxyl groups is 1. The molecule has 1 atom stereocenters. The van der Waals surface area contributed by atoms with Gasteiger partial charge in [-0.3, -0.25) is 0 Å². The van der Waals surface area contributed by atoms with Crippen LogP contribution >= 0.6 is 0 Å². The summed E-state index contributed by atoms with van der Waals surface area (Å²) in [7, 11) is 2.20. The van der Waals surface area contributed by atoms with Crippen LogP contribution in [0, 0.1) is 5.92 Å². The van der Waals surface area contributed by atoms with Crippen LogP contribution in [0.1, 0.15) is 53.4 Å². The van der Waals surface area contributed by atoms with Crippen LogP contribution in [0.25, 0.3) is 0 Å². The van der Waals surface area contributed by atoms with Crippen LogP contribution in [-0.2, 0) is 0 Å². The molecule has 0 heterocycles. The molecule has 0 aromatic heterocycles. The lowest BCUT2D eigenvalue weighted by molar-refractivity contribution is 0.161. The van der Waals surface area contributed by atoms with Crippen LogP contribution in [0.15, 0.2) is 0 Å². The van der Waals surface area contributed by atoms with Crippen molar-refractivity contribution in [1.29, 1.82) is 0 Å². The number of hydrogen-bond donors (Lipinski definition) is 2. The summed E-state index contributed by atoms with van der Waals surface area (Å²) in [5, 5.41) is 12.9. The molecule has 18 heavy (non-hydrogen) atoms. The first-order chi connectivity index (χ1) is 8.43. The van der Waals surface area contributed by atoms with Gasteiger partial charge in [0.15, 0.2) is 0 Å². The van der Waals surface area contributed by atoms with Gasteiger partial charge in [0.1, 0.15) is 0 Å². The first-order valence-electron chi connectivity index (χ1n) is 7.48. The maximum atomic E-state index is 9.47. The van der Waals surface area contributed by atoms with Crippen molar-refractivity contribution in [1.82, 2.24) is 10.2 Å². The molecule has 3 heteroatoms. The van der Waals surface area contributed by atoms with E-state index in [1.54, 1.807) is 0 Å². The second-order valence-electron chi connectivity index (χ2n) is 6.26. The summed E-state index contributed by atoms with van der Waals surface area (Å²) in [4.78, 5) is 2.40. The standard InChI is InChI=1S/C15H34N2O/c1-6-10-16-15(4,13-18)9-7-8-11-17(5)12-14(2)3/h14,16,18H,6-13H2,1-5H3. The van der Waals surface area contributed by atoms with E-state index in [0.717, 1.165) is 31.8 Å². The number of nitrogens with one attached hydrogen (secondary N) is 1. The Hall–Kier alpha value is -0.120. The zero-order valence-corrected chi connectivity index (χ0v) is 13.1. The molecule has 110 valence electrons. The maximum Gasteiger partial charge on any atom is 0.0610 e. The predicted octanol–water partition coefficient (Wildman–Crippen LogP) is 2.50. The Morgan fingerprint density at radius 3 is 2.44 bits per heavy atom. The zero-order valence-electron chi connectivity index (χ0n) is 13.1. The third-order valence-electron chi connectivity index (χ3n) is 3.35. The van der Waals surface area contributed by atoms with Crippen molar-refractivity contribution < 1.29 is 5.11 Å². The highest BCUT2D eigenvalue weighted by Gasteiger charge is 2.21. The molecule has 0 bridgehead atoms. The predicted molar refractivity (Wildman–Crippen MR) is 80.0 cm³/mol. The SMILES string of the molecule is CCCNC(C)(CO)CCCCN(C)CC(C)C. The van der Waals surface area contributed by atoms with E-state index in [-0.39, 0.29) is 12.1 Å². The van der Waals surface area contributed by atoms with E-state index >= 15 is 0 Å². The van der Waals surface area contributed by atoms with E-state index in [4.69, 9.17) is 0 Å². The first-order valence-corrected chi connectivity index (χ1v) is 7.48. The molecule has 0 amide bonds. The largest absolute Gasteiger partial charge is 0.394 e. The lowest BCUT2D eigenvalue weighted by Gasteiger charge is -2.29. The Morgan fingerprint density at radius 2 is 1.94 bits per heavy atom. The van der Waals surface area contributed by atoms with Gasteiger partial charge in [0, 0.05) is 12.1 Å². The van der Waals surface area contributed by atoms with E-state index in [1.807, 2.05) is 0 Å². The molecule has 0 fully saturated rings. The van der Waals surface area contributed by atoms with Crippen LogP contribution in [0.5, 0.6) is 0 Å². The molecule has 0 aliphatic carbocycles. The van der Waals surface area contributed by atoms with Gasteiger partial charge < -0.3 is 15.3 Å². The minimum absolute atomic E-state index is 0.0906. The summed E-state index contributed by atoms with van der Waals surface area (Å²) in [5.41, 5.74) is -0.0906. The number of hydrogen-bond acceptors (Lipinski definition) is 3. The molecule has 0 saturated carbocycles. The van der Waals surface area contributed by atoms with Crippen LogP contribution in [0.3, 0.4) is 0 Å². The van der Waals surface area contributed by atoms with Crippen molar-refractivity contribution in [3.05, 3.63) is 0 Å². The molecular formula is C15H34N2O. The quantitative estimate of drug-likeness (QED) is 0.559. The molecule has 0 saturated heterocycles. The molecule has 0 aliphatic rings. The van der Waals surface area contributed by atoms with Gasteiger partial charge in [-0.1, -0.05) is 27.2 Å². The Bertz CT molecular complexity index is 197. The zero-order chi connectivity index (χ0) is 14.0. The normalized spacial score (nSPS) is 15.3. The van der Waals surface area contributed by atoms with Crippen molar-refractivity contribution in [2.45, 2.75) is 58.9 Å². The van der Waals surface area contributed by atoms with Crippen molar-refractivity contribution in [2.24, 2.45) is 5.92 Å².